The number of aryl methyl sites for hydroxylation is 2. The van der Waals surface area contributed by atoms with Crippen LogP contribution in [0.4, 0.5) is 0 Å². The standard InChI is InChI=1S/2C11H9NO2.Al/c2*1-7-5-6-8-3-2-4-9(11(13)14)10(8)12-7;/h2*2-6H,1H3,(H,13,14);/q;;+2/p-2. The van der Waals surface area contributed by atoms with E-state index in [1.165, 1.54) is 12.1 Å². The van der Waals surface area contributed by atoms with Gasteiger partial charge in [0.2, 0.25) is 0 Å². The molecular formula is C22H16AlN2O4. The van der Waals surface area contributed by atoms with E-state index in [0.717, 1.165) is 22.2 Å². The molecule has 2 aromatic heterocycles. The Morgan fingerprint density at radius 2 is 1.03 bits per heavy atom. The SMILES string of the molecule is Cc1ccc2cccc(C(=O)[O-])c2n1.Cc1ccc2cccc(C(=O)[O-])c2n1.[Al+2]. The summed E-state index contributed by atoms with van der Waals surface area (Å²) in [7, 11) is 0. The van der Waals surface area contributed by atoms with E-state index in [4.69, 9.17) is 0 Å². The number of fused-ring (bicyclic) bond motifs is 2. The number of benzene rings is 2. The number of hydrogen-bond acceptors (Lipinski definition) is 6. The van der Waals surface area contributed by atoms with Gasteiger partial charge in [-0.25, -0.2) is 0 Å². The van der Waals surface area contributed by atoms with Crippen molar-refractivity contribution in [3.8, 4) is 0 Å². The Labute approximate surface area is 178 Å². The summed E-state index contributed by atoms with van der Waals surface area (Å²) in [6.07, 6.45) is 0. The zero-order valence-electron chi connectivity index (χ0n) is 15.9. The van der Waals surface area contributed by atoms with Crippen molar-refractivity contribution in [1.82, 2.24) is 9.97 Å². The molecule has 2 aromatic carbocycles. The van der Waals surface area contributed by atoms with E-state index < -0.39 is 11.9 Å². The monoisotopic (exact) mass is 399 g/mol. The predicted octanol–water partition coefficient (Wildman–Crippen LogP) is 1.43. The van der Waals surface area contributed by atoms with Gasteiger partial charge in [-0.15, -0.1) is 0 Å². The maximum atomic E-state index is 10.8. The Bertz CT molecular complexity index is 1110. The maximum Gasteiger partial charge on any atom is 2.00 e. The second-order valence-electron chi connectivity index (χ2n) is 6.23. The topological polar surface area (TPSA) is 106 Å². The number of nitrogens with zero attached hydrogens (tertiary/aromatic N) is 2. The number of pyridine rings is 2. The molecule has 0 aliphatic carbocycles. The van der Waals surface area contributed by atoms with Crippen molar-refractivity contribution in [2.24, 2.45) is 0 Å². The number of carbonyl (C=O) groups is 2. The number of hydrogen-bond donors (Lipinski definition) is 0. The molecule has 0 aliphatic heterocycles. The molecule has 7 heteroatoms. The third-order valence-corrected chi connectivity index (χ3v) is 4.16. The van der Waals surface area contributed by atoms with Crippen LogP contribution in [0.5, 0.6) is 0 Å². The van der Waals surface area contributed by atoms with Crippen LogP contribution in [0.1, 0.15) is 32.1 Å². The van der Waals surface area contributed by atoms with Gasteiger partial charge < -0.3 is 19.8 Å². The van der Waals surface area contributed by atoms with Gasteiger partial charge >= 0.3 is 17.4 Å². The van der Waals surface area contributed by atoms with Crippen molar-refractivity contribution in [1.29, 1.82) is 0 Å². The van der Waals surface area contributed by atoms with E-state index in [0.29, 0.717) is 11.0 Å². The molecule has 0 saturated heterocycles. The van der Waals surface area contributed by atoms with Gasteiger partial charge in [-0.05, 0) is 26.0 Å². The zero-order valence-corrected chi connectivity index (χ0v) is 17.0. The number of carbonyl (C=O) groups excluding carboxylic acids is 2. The first-order chi connectivity index (χ1) is 13.4. The summed E-state index contributed by atoms with van der Waals surface area (Å²) < 4.78 is 0. The molecule has 0 amide bonds. The Morgan fingerprint density at radius 1 is 0.655 bits per heavy atom. The van der Waals surface area contributed by atoms with Crippen LogP contribution in [-0.2, 0) is 0 Å². The summed E-state index contributed by atoms with van der Waals surface area (Å²) in [4.78, 5) is 29.9. The van der Waals surface area contributed by atoms with Gasteiger partial charge in [0.1, 0.15) is 0 Å². The average molecular weight is 399 g/mol. The molecule has 141 valence electrons. The van der Waals surface area contributed by atoms with Gasteiger partial charge in [0, 0.05) is 33.3 Å². The first kappa shape index (κ1) is 22.0. The van der Waals surface area contributed by atoms with Crippen LogP contribution in [0, 0.1) is 13.8 Å². The third-order valence-electron chi connectivity index (χ3n) is 4.16. The molecule has 0 unspecified atom stereocenters. The minimum Gasteiger partial charge on any atom is -0.545 e. The number of para-hydroxylation sites is 2. The Kier molecular flexibility index (Phi) is 7.05. The van der Waals surface area contributed by atoms with E-state index in [2.05, 4.69) is 9.97 Å². The third kappa shape index (κ3) is 4.97. The number of carboxylic acids is 2. The number of aromatic nitrogens is 2. The first-order valence-electron chi connectivity index (χ1n) is 8.52. The van der Waals surface area contributed by atoms with E-state index in [1.54, 1.807) is 12.1 Å². The summed E-state index contributed by atoms with van der Waals surface area (Å²) in [5, 5.41) is 23.2. The molecule has 0 fully saturated rings. The minimum absolute atomic E-state index is 0. The van der Waals surface area contributed by atoms with E-state index >= 15 is 0 Å². The van der Waals surface area contributed by atoms with Gasteiger partial charge in [0.15, 0.2) is 0 Å². The molecule has 0 N–H and O–H groups in total. The van der Waals surface area contributed by atoms with Crippen LogP contribution in [0.15, 0.2) is 60.7 Å². The molecule has 0 bridgehead atoms. The Balaban J connectivity index is 0.000000200. The van der Waals surface area contributed by atoms with Crippen LogP contribution >= 0.6 is 0 Å². The summed E-state index contributed by atoms with van der Waals surface area (Å²) in [6.45, 7) is 3.65. The fraction of sp³-hybridized carbons (Fsp3) is 0.0909. The van der Waals surface area contributed by atoms with E-state index in [-0.39, 0.29) is 28.5 Å². The quantitative estimate of drug-likeness (QED) is 0.472. The van der Waals surface area contributed by atoms with Gasteiger partial charge in [-0.3, -0.25) is 9.97 Å². The first-order valence-corrected chi connectivity index (χ1v) is 8.52. The van der Waals surface area contributed by atoms with Crippen molar-refractivity contribution >= 4 is 51.1 Å². The molecule has 0 saturated carbocycles. The predicted molar refractivity (Wildman–Crippen MR) is 107 cm³/mol. The van der Waals surface area contributed by atoms with Crippen molar-refractivity contribution in [2.75, 3.05) is 0 Å². The second kappa shape index (κ2) is 9.29. The number of rotatable bonds is 2. The second-order valence-corrected chi connectivity index (χ2v) is 6.23. The summed E-state index contributed by atoms with van der Waals surface area (Å²) in [5.74, 6) is -2.37. The van der Waals surface area contributed by atoms with Crippen molar-refractivity contribution in [3.63, 3.8) is 0 Å². The molecule has 6 nitrogen and oxygen atoms in total. The van der Waals surface area contributed by atoms with Crippen LogP contribution < -0.4 is 10.2 Å². The van der Waals surface area contributed by atoms with Crippen molar-refractivity contribution < 1.29 is 19.8 Å². The molecule has 2 heterocycles. The van der Waals surface area contributed by atoms with Gasteiger partial charge in [-0.2, -0.15) is 0 Å². The van der Waals surface area contributed by atoms with Crippen molar-refractivity contribution in [2.45, 2.75) is 13.8 Å². The van der Waals surface area contributed by atoms with Gasteiger partial charge in [0.25, 0.3) is 0 Å². The fourth-order valence-electron chi connectivity index (χ4n) is 2.82. The number of aromatic carboxylic acids is 2. The molecule has 0 atom stereocenters. The van der Waals surface area contributed by atoms with Crippen LogP contribution in [0.3, 0.4) is 0 Å². The number of carboxylic acid groups (broad SMARTS) is 2. The molecule has 4 rings (SSSR count). The zero-order chi connectivity index (χ0) is 20.3. The summed E-state index contributed by atoms with van der Waals surface area (Å²) in [5.41, 5.74) is 2.87. The summed E-state index contributed by atoms with van der Waals surface area (Å²) in [6, 6.07) is 17.4. The van der Waals surface area contributed by atoms with Crippen LogP contribution in [-0.4, -0.2) is 39.3 Å². The van der Waals surface area contributed by atoms with Crippen molar-refractivity contribution in [3.05, 3.63) is 83.2 Å². The molecule has 4 aromatic rings. The average Bonchev–Trinajstić information content (AvgIpc) is 2.67. The Morgan fingerprint density at radius 3 is 1.38 bits per heavy atom. The van der Waals surface area contributed by atoms with E-state index in [1.807, 2.05) is 50.2 Å². The minimum atomic E-state index is -1.19. The van der Waals surface area contributed by atoms with Gasteiger partial charge in [-0.1, -0.05) is 48.5 Å². The molecule has 29 heavy (non-hydrogen) atoms. The maximum absolute atomic E-state index is 10.8. The normalized spacial score (nSPS) is 10.0. The summed E-state index contributed by atoms with van der Waals surface area (Å²) >= 11 is 0. The van der Waals surface area contributed by atoms with E-state index in [9.17, 15) is 19.8 Å². The largest absolute Gasteiger partial charge is 2.00 e. The Hall–Kier alpha value is -3.27. The van der Waals surface area contributed by atoms with Crippen LogP contribution in [0.25, 0.3) is 21.8 Å². The fourth-order valence-corrected chi connectivity index (χ4v) is 2.82. The molecular weight excluding hydrogens is 383 g/mol. The van der Waals surface area contributed by atoms with Gasteiger partial charge in [0.05, 0.1) is 23.0 Å². The molecule has 0 spiro atoms. The molecule has 0 aliphatic rings. The smallest absolute Gasteiger partial charge is 0.545 e. The molecule has 1 radical (unpaired) electrons. The van der Waals surface area contributed by atoms with Crippen LogP contribution in [0.2, 0.25) is 0 Å².